The summed E-state index contributed by atoms with van der Waals surface area (Å²) in [5, 5.41) is 12.8. The monoisotopic (exact) mass is 295 g/mol. The number of aryl methyl sites for hydroxylation is 2. The molecule has 7 nitrogen and oxygen atoms in total. The SMILES string of the molecule is CCc1noc(CCCC(=O)N2CCC[C@H](C(=O)O)C2)n1. The Morgan fingerprint density at radius 3 is 2.95 bits per heavy atom. The molecule has 1 atom stereocenters. The maximum absolute atomic E-state index is 12.1. The van der Waals surface area contributed by atoms with Gasteiger partial charge in [0.2, 0.25) is 11.8 Å². The van der Waals surface area contributed by atoms with Gasteiger partial charge in [-0.3, -0.25) is 9.59 Å². The van der Waals surface area contributed by atoms with E-state index in [4.69, 9.17) is 9.63 Å². The number of likely N-dealkylation sites (tertiary alicyclic amines) is 1. The molecule has 0 radical (unpaired) electrons. The Labute approximate surface area is 123 Å². The predicted molar refractivity (Wildman–Crippen MR) is 73.6 cm³/mol. The van der Waals surface area contributed by atoms with Crippen molar-refractivity contribution in [2.75, 3.05) is 13.1 Å². The standard InChI is InChI=1S/C14H21N3O4/c1-2-11-15-12(21-16-11)6-3-7-13(18)17-8-4-5-10(9-17)14(19)20/h10H,2-9H2,1H3,(H,19,20)/t10-/m0/s1. The molecule has 1 saturated heterocycles. The molecule has 0 bridgehead atoms. The Kier molecular flexibility index (Phi) is 5.30. The van der Waals surface area contributed by atoms with Crippen LogP contribution in [0.3, 0.4) is 0 Å². The molecule has 0 spiro atoms. The first-order valence-corrected chi connectivity index (χ1v) is 7.42. The van der Waals surface area contributed by atoms with Gasteiger partial charge in [0, 0.05) is 32.4 Å². The minimum Gasteiger partial charge on any atom is -0.481 e. The average Bonchev–Trinajstić information content (AvgIpc) is 2.95. The third-order valence-electron chi connectivity index (χ3n) is 3.73. The summed E-state index contributed by atoms with van der Waals surface area (Å²) in [4.78, 5) is 28.9. The van der Waals surface area contributed by atoms with Crippen molar-refractivity contribution in [3.8, 4) is 0 Å². The highest BCUT2D eigenvalue weighted by Gasteiger charge is 2.27. The highest BCUT2D eigenvalue weighted by Crippen LogP contribution is 2.18. The largest absolute Gasteiger partial charge is 0.481 e. The Hall–Kier alpha value is -1.92. The number of aromatic nitrogens is 2. The molecule has 1 amide bonds. The van der Waals surface area contributed by atoms with Crippen molar-refractivity contribution in [1.82, 2.24) is 15.0 Å². The van der Waals surface area contributed by atoms with E-state index in [0.29, 0.717) is 50.5 Å². The summed E-state index contributed by atoms with van der Waals surface area (Å²) in [5.41, 5.74) is 0. The molecule has 1 N–H and O–H groups in total. The zero-order valence-electron chi connectivity index (χ0n) is 12.2. The number of carboxylic acids is 1. The molecule has 2 heterocycles. The van der Waals surface area contributed by atoms with E-state index in [-0.39, 0.29) is 5.91 Å². The van der Waals surface area contributed by atoms with Crippen LogP contribution < -0.4 is 0 Å². The second-order valence-electron chi connectivity index (χ2n) is 5.33. The van der Waals surface area contributed by atoms with E-state index in [2.05, 4.69) is 10.1 Å². The van der Waals surface area contributed by atoms with Crippen molar-refractivity contribution in [2.24, 2.45) is 5.92 Å². The van der Waals surface area contributed by atoms with Crippen LogP contribution in [0.15, 0.2) is 4.52 Å². The maximum atomic E-state index is 12.1. The van der Waals surface area contributed by atoms with E-state index in [1.165, 1.54) is 0 Å². The van der Waals surface area contributed by atoms with E-state index >= 15 is 0 Å². The van der Waals surface area contributed by atoms with Gasteiger partial charge in [-0.15, -0.1) is 0 Å². The predicted octanol–water partition coefficient (Wildman–Crippen LogP) is 1.28. The first-order chi connectivity index (χ1) is 10.1. The van der Waals surface area contributed by atoms with Crippen molar-refractivity contribution < 1.29 is 19.2 Å². The number of carbonyl (C=O) groups is 2. The van der Waals surface area contributed by atoms with E-state index in [1.807, 2.05) is 6.92 Å². The average molecular weight is 295 g/mol. The van der Waals surface area contributed by atoms with Crippen LogP contribution >= 0.6 is 0 Å². The minimum absolute atomic E-state index is 0.0104. The Bertz CT molecular complexity index is 500. The van der Waals surface area contributed by atoms with Gasteiger partial charge in [-0.1, -0.05) is 12.1 Å². The van der Waals surface area contributed by atoms with Crippen LogP contribution in [0.25, 0.3) is 0 Å². The third kappa shape index (κ3) is 4.27. The zero-order valence-corrected chi connectivity index (χ0v) is 12.2. The van der Waals surface area contributed by atoms with Gasteiger partial charge in [0.1, 0.15) is 0 Å². The number of carbonyl (C=O) groups excluding carboxylic acids is 1. The van der Waals surface area contributed by atoms with Gasteiger partial charge in [-0.2, -0.15) is 4.98 Å². The lowest BCUT2D eigenvalue weighted by molar-refractivity contribution is -0.145. The minimum atomic E-state index is -0.814. The van der Waals surface area contributed by atoms with Crippen molar-refractivity contribution in [3.05, 3.63) is 11.7 Å². The van der Waals surface area contributed by atoms with Crippen LogP contribution in [0.5, 0.6) is 0 Å². The van der Waals surface area contributed by atoms with Gasteiger partial charge < -0.3 is 14.5 Å². The van der Waals surface area contributed by atoms with E-state index in [1.54, 1.807) is 4.90 Å². The van der Waals surface area contributed by atoms with Gasteiger partial charge in [0.25, 0.3) is 0 Å². The van der Waals surface area contributed by atoms with Gasteiger partial charge >= 0.3 is 5.97 Å². The van der Waals surface area contributed by atoms with Crippen molar-refractivity contribution in [2.45, 2.75) is 45.4 Å². The van der Waals surface area contributed by atoms with Gasteiger partial charge in [-0.05, 0) is 19.3 Å². The van der Waals surface area contributed by atoms with Crippen molar-refractivity contribution in [1.29, 1.82) is 0 Å². The molecule has 1 aromatic rings. The topological polar surface area (TPSA) is 96.5 Å². The number of hydrogen-bond donors (Lipinski definition) is 1. The highest BCUT2D eigenvalue weighted by atomic mass is 16.5. The molecular weight excluding hydrogens is 274 g/mol. The van der Waals surface area contributed by atoms with Crippen LogP contribution in [0.1, 0.15) is 44.3 Å². The summed E-state index contributed by atoms with van der Waals surface area (Å²) in [6, 6.07) is 0. The summed E-state index contributed by atoms with van der Waals surface area (Å²) in [7, 11) is 0. The Morgan fingerprint density at radius 1 is 1.48 bits per heavy atom. The number of amides is 1. The van der Waals surface area contributed by atoms with Crippen LogP contribution in [0, 0.1) is 5.92 Å². The van der Waals surface area contributed by atoms with Crippen LogP contribution in [0.2, 0.25) is 0 Å². The highest BCUT2D eigenvalue weighted by molar-refractivity contribution is 5.78. The smallest absolute Gasteiger partial charge is 0.308 e. The molecule has 2 rings (SSSR count). The summed E-state index contributed by atoms with van der Waals surface area (Å²) in [6.45, 7) is 2.94. The normalized spacial score (nSPS) is 18.7. The van der Waals surface area contributed by atoms with Gasteiger partial charge in [0.15, 0.2) is 5.82 Å². The molecule has 116 valence electrons. The lowest BCUT2D eigenvalue weighted by Gasteiger charge is -2.30. The van der Waals surface area contributed by atoms with Gasteiger partial charge in [-0.25, -0.2) is 0 Å². The third-order valence-corrected chi connectivity index (χ3v) is 3.73. The molecule has 0 unspecified atom stereocenters. The van der Waals surface area contributed by atoms with Crippen molar-refractivity contribution >= 4 is 11.9 Å². The summed E-state index contributed by atoms with van der Waals surface area (Å²) in [5.74, 6) is 0.00533. The molecule has 0 aliphatic carbocycles. The molecule has 1 aliphatic rings. The van der Waals surface area contributed by atoms with Crippen LogP contribution in [-0.4, -0.2) is 45.1 Å². The fraction of sp³-hybridized carbons (Fsp3) is 0.714. The number of piperidine rings is 1. The molecule has 21 heavy (non-hydrogen) atoms. The molecule has 7 heteroatoms. The lowest BCUT2D eigenvalue weighted by Crippen LogP contribution is -2.42. The molecule has 0 aromatic carbocycles. The number of rotatable bonds is 6. The summed E-state index contributed by atoms with van der Waals surface area (Å²) < 4.78 is 5.07. The van der Waals surface area contributed by atoms with Crippen LogP contribution in [-0.2, 0) is 22.4 Å². The van der Waals surface area contributed by atoms with Gasteiger partial charge in [0.05, 0.1) is 5.92 Å². The fourth-order valence-electron chi connectivity index (χ4n) is 2.49. The second-order valence-corrected chi connectivity index (χ2v) is 5.33. The first-order valence-electron chi connectivity index (χ1n) is 7.42. The molecular formula is C14H21N3O4. The number of carboxylic acid groups (broad SMARTS) is 1. The quantitative estimate of drug-likeness (QED) is 0.849. The molecule has 1 aliphatic heterocycles. The van der Waals surface area contributed by atoms with Crippen molar-refractivity contribution in [3.63, 3.8) is 0 Å². The lowest BCUT2D eigenvalue weighted by atomic mass is 9.98. The molecule has 1 aromatic heterocycles. The summed E-state index contributed by atoms with van der Waals surface area (Å²) in [6.07, 6.45) is 3.74. The second kappa shape index (κ2) is 7.19. The Balaban J connectivity index is 1.75. The van der Waals surface area contributed by atoms with E-state index < -0.39 is 11.9 Å². The number of hydrogen-bond acceptors (Lipinski definition) is 5. The van der Waals surface area contributed by atoms with E-state index in [9.17, 15) is 9.59 Å². The van der Waals surface area contributed by atoms with Crippen LogP contribution in [0.4, 0.5) is 0 Å². The molecule has 1 fully saturated rings. The van der Waals surface area contributed by atoms with E-state index in [0.717, 1.165) is 12.8 Å². The summed E-state index contributed by atoms with van der Waals surface area (Å²) >= 11 is 0. The zero-order chi connectivity index (χ0) is 15.2. The number of aliphatic carboxylic acids is 1. The number of nitrogens with zero attached hydrogens (tertiary/aromatic N) is 3. The fourth-order valence-corrected chi connectivity index (χ4v) is 2.49. The molecule has 0 saturated carbocycles. The Morgan fingerprint density at radius 2 is 2.29 bits per heavy atom. The maximum Gasteiger partial charge on any atom is 0.308 e. The first kappa shape index (κ1) is 15.5.